The number of carbonyl (C=O) groups is 1. The Hall–Kier alpha value is -3.28. The van der Waals surface area contributed by atoms with E-state index < -0.39 is 0 Å². The zero-order valence-corrected chi connectivity index (χ0v) is 17.5. The van der Waals surface area contributed by atoms with E-state index in [9.17, 15) is 4.79 Å². The van der Waals surface area contributed by atoms with E-state index in [0.717, 1.165) is 53.7 Å². The monoisotopic (exact) mass is 401 g/mol. The van der Waals surface area contributed by atoms with Gasteiger partial charge in [-0.2, -0.15) is 0 Å². The van der Waals surface area contributed by atoms with E-state index in [2.05, 4.69) is 20.3 Å². The van der Waals surface area contributed by atoms with E-state index in [-0.39, 0.29) is 11.8 Å². The second kappa shape index (κ2) is 9.03. The smallest absolute Gasteiger partial charge is 0.227 e. The average Bonchev–Trinajstić information content (AvgIpc) is 2.74. The number of pyridine rings is 1. The summed E-state index contributed by atoms with van der Waals surface area (Å²) in [5.41, 5.74) is 3.17. The molecular weight excluding hydrogens is 374 g/mol. The van der Waals surface area contributed by atoms with Crippen LogP contribution in [0.2, 0.25) is 0 Å². The summed E-state index contributed by atoms with van der Waals surface area (Å²) in [6.45, 7) is 5.45. The fourth-order valence-electron chi connectivity index (χ4n) is 3.93. The molecule has 1 N–H and O–H groups in total. The Morgan fingerprint density at radius 2 is 1.93 bits per heavy atom. The molecule has 1 aliphatic rings. The van der Waals surface area contributed by atoms with Gasteiger partial charge in [-0.1, -0.05) is 30.3 Å². The summed E-state index contributed by atoms with van der Waals surface area (Å²) < 4.78 is 0. The van der Waals surface area contributed by atoms with Crippen molar-refractivity contribution in [1.29, 1.82) is 0 Å². The van der Waals surface area contributed by atoms with Crippen molar-refractivity contribution in [1.82, 2.24) is 19.9 Å². The minimum atomic E-state index is 0.180. The van der Waals surface area contributed by atoms with Gasteiger partial charge in [0.25, 0.3) is 0 Å². The quantitative estimate of drug-likeness (QED) is 0.694. The van der Waals surface area contributed by atoms with Gasteiger partial charge >= 0.3 is 0 Å². The summed E-state index contributed by atoms with van der Waals surface area (Å²) in [6, 6.07) is 15.9. The number of likely N-dealkylation sites (tertiary alicyclic amines) is 1. The molecule has 4 rings (SSSR count). The van der Waals surface area contributed by atoms with Crippen LogP contribution >= 0.6 is 0 Å². The molecule has 1 aromatic carbocycles. The van der Waals surface area contributed by atoms with Gasteiger partial charge in [0, 0.05) is 31.3 Å². The zero-order valence-electron chi connectivity index (χ0n) is 17.5. The standard InChI is InChI=1S/C24H27N5O/c1-17-10-11-25-22(13-17)28-23-15-21(26-18(2)27-23)20-9-6-12-29(16-20)24(30)14-19-7-4-3-5-8-19/h3-5,7-8,10-11,13,15,20H,6,9,12,14,16H2,1-2H3,(H,25,26,27,28). The van der Waals surface area contributed by atoms with E-state index in [0.29, 0.717) is 13.0 Å². The molecule has 0 aliphatic carbocycles. The molecular formula is C24H27N5O. The van der Waals surface area contributed by atoms with Crippen molar-refractivity contribution in [2.45, 2.75) is 39.0 Å². The number of hydrogen-bond donors (Lipinski definition) is 1. The fourth-order valence-corrected chi connectivity index (χ4v) is 3.93. The second-order valence-corrected chi connectivity index (χ2v) is 7.91. The number of nitrogens with zero attached hydrogens (tertiary/aromatic N) is 4. The molecule has 0 spiro atoms. The molecule has 1 unspecified atom stereocenters. The Bertz CT molecular complexity index is 1020. The first-order valence-corrected chi connectivity index (χ1v) is 10.4. The molecule has 0 saturated carbocycles. The van der Waals surface area contributed by atoms with Crippen molar-refractivity contribution >= 4 is 17.5 Å². The number of rotatable bonds is 5. The molecule has 30 heavy (non-hydrogen) atoms. The molecule has 6 nitrogen and oxygen atoms in total. The van der Waals surface area contributed by atoms with Crippen LogP contribution < -0.4 is 5.32 Å². The highest BCUT2D eigenvalue weighted by Gasteiger charge is 2.26. The predicted molar refractivity (Wildman–Crippen MR) is 118 cm³/mol. The first-order valence-electron chi connectivity index (χ1n) is 10.4. The molecule has 1 saturated heterocycles. The SMILES string of the molecule is Cc1ccnc(Nc2cc(C3CCCN(C(=O)Cc4ccccc4)C3)nc(C)n2)c1. The maximum absolute atomic E-state index is 12.8. The Kier molecular flexibility index (Phi) is 6.02. The Morgan fingerprint density at radius 3 is 2.73 bits per heavy atom. The van der Waals surface area contributed by atoms with Crippen LogP contribution in [0.25, 0.3) is 0 Å². The Balaban J connectivity index is 1.47. The number of benzene rings is 1. The van der Waals surface area contributed by atoms with Crippen LogP contribution in [0.15, 0.2) is 54.7 Å². The van der Waals surface area contributed by atoms with Gasteiger partial charge in [0.1, 0.15) is 17.5 Å². The number of aryl methyl sites for hydroxylation is 2. The summed E-state index contributed by atoms with van der Waals surface area (Å²) in [6.07, 6.45) is 4.23. The van der Waals surface area contributed by atoms with Crippen molar-refractivity contribution in [3.8, 4) is 0 Å². The van der Waals surface area contributed by atoms with Gasteiger partial charge in [0.2, 0.25) is 5.91 Å². The number of carbonyl (C=O) groups excluding carboxylic acids is 1. The normalized spacial score (nSPS) is 16.3. The van der Waals surface area contributed by atoms with Gasteiger partial charge in [-0.05, 0) is 49.9 Å². The van der Waals surface area contributed by atoms with Crippen LogP contribution in [0.1, 0.15) is 41.4 Å². The van der Waals surface area contributed by atoms with Gasteiger partial charge in [0.15, 0.2) is 0 Å². The molecule has 1 fully saturated rings. The van der Waals surface area contributed by atoms with Crippen LogP contribution in [0.3, 0.4) is 0 Å². The Morgan fingerprint density at radius 1 is 1.10 bits per heavy atom. The minimum absolute atomic E-state index is 0.180. The number of hydrogen-bond acceptors (Lipinski definition) is 5. The van der Waals surface area contributed by atoms with Crippen molar-refractivity contribution in [3.63, 3.8) is 0 Å². The number of nitrogens with one attached hydrogen (secondary N) is 1. The summed E-state index contributed by atoms with van der Waals surface area (Å²) in [4.78, 5) is 28.4. The van der Waals surface area contributed by atoms with Crippen LogP contribution in [-0.2, 0) is 11.2 Å². The van der Waals surface area contributed by atoms with E-state index in [1.807, 2.05) is 67.3 Å². The second-order valence-electron chi connectivity index (χ2n) is 7.91. The van der Waals surface area contributed by atoms with Gasteiger partial charge in [-0.3, -0.25) is 4.79 Å². The summed E-state index contributed by atoms with van der Waals surface area (Å²) in [5.74, 6) is 2.62. The number of anilines is 2. The average molecular weight is 402 g/mol. The minimum Gasteiger partial charge on any atom is -0.342 e. The van der Waals surface area contributed by atoms with E-state index >= 15 is 0 Å². The lowest BCUT2D eigenvalue weighted by Gasteiger charge is -2.33. The molecule has 2 aromatic heterocycles. The van der Waals surface area contributed by atoms with Crippen LogP contribution in [0, 0.1) is 13.8 Å². The van der Waals surface area contributed by atoms with Crippen LogP contribution in [0.4, 0.5) is 11.6 Å². The lowest BCUT2D eigenvalue weighted by Crippen LogP contribution is -2.40. The third-order valence-electron chi connectivity index (χ3n) is 5.42. The lowest BCUT2D eigenvalue weighted by molar-refractivity contribution is -0.131. The van der Waals surface area contributed by atoms with Gasteiger partial charge in [0.05, 0.1) is 12.1 Å². The highest BCUT2D eigenvalue weighted by molar-refractivity contribution is 5.79. The van der Waals surface area contributed by atoms with E-state index in [1.165, 1.54) is 0 Å². The molecule has 1 aliphatic heterocycles. The molecule has 0 radical (unpaired) electrons. The van der Waals surface area contributed by atoms with Crippen LogP contribution in [-0.4, -0.2) is 38.8 Å². The summed E-state index contributed by atoms with van der Waals surface area (Å²) in [5, 5.41) is 3.29. The summed E-state index contributed by atoms with van der Waals surface area (Å²) >= 11 is 0. The van der Waals surface area contributed by atoms with Crippen LogP contribution in [0.5, 0.6) is 0 Å². The van der Waals surface area contributed by atoms with Crippen molar-refractivity contribution in [2.75, 3.05) is 18.4 Å². The molecule has 1 amide bonds. The molecule has 1 atom stereocenters. The van der Waals surface area contributed by atoms with Crippen molar-refractivity contribution in [3.05, 3.63) is 77.4 Å². The van der Waals surface area contributed by atoms with E-state index in [4.69, 9.17) is 0 Å². The lowest BCUT2D eigenvalue weighted by atomic mass is 9.94. The third-order valence-corrected chi connectivity index (χ3v) is 5.42. The topological polar surface area (TPSA) is 71.0 Å². The first kappa shape index (κ1) is 20.0. The molecule has 6 heteroatoms. The largest absolute Gasteiger partial charge is 0.342 e. The van der Waals surface area contributed by atoms with Gasteiger partial charge in [-0.25, -0.2) is 15.0 Å². The molecule has 3 heterocycles. The fraction of sp³-hybridized carbons (Fsp3) is 0.333. The van der Waals surface area contributed by atoms with Crippen molar-refractivity contribution < 1.29 is 4.79 Å². The molecule has 0 bridgehead atoms. The zero-order chi connectivity index (χ0) is 20.9. The maximum Gasteiger partial charge on any atom is 0.227 e. The number of aromatic nitrogens is 3. The van der Waals surface area contributed by atoms with Crippen molar-refractivity contribution in [2.24, 2.45) is 0 Å². The highest BCUT2D eigenvalue weighted by atomic mass is 16.2. The highest BCUT2D eigenvalue weighted by Crippen LogP contribution is 2.28. The summed E-state index contributed by atoms with van der Waals surface area (Å²) in [7, 11) is 0. The van der Waals surface area contributed by atoms with Gasteiger partial charge < -0.3 is 10.2 Å². The maximum atomic E-state index is 12.8. The number of piperidine rings is 1. The molecule has 154 valence electrons. The number of amides is 1. The predicted octanol–water partition coefficient (Wildman–Crippen LogP) is 4.18. The molecule has 3 aromatic rings. The van der Waals surface area contributed by atoms with E-state index in [1.54, 1.807) is 6.20 Å². The Labute approximate surface area is 177 Å². The third kappa shape index (κ3) is 5.00. The first-order chi connectivity index (χ1) is 14.6. The van der Waals surface area contributed by atoms with Gasteiger partial charge in [-0.15, -0.1) is 0 Å².